The van der Waals surface area contributed by atoms with E-state index >= 15 is 0 Å². The summed E-state index contributed by atoms with van der Waals surface area (Å²) in [6, 6.07) is 13.0. The first kappa shape index (κ1) is 23.9. The summed E-state index contributed by atoms with van der Waals surface area (Å²) in [5.41, 5.74) is 1.57. The van der Waals surface area contributed by atoms with Crippen LogP contribution in [0, 0.1) is 0 Å². The molecule has 7 nitrogen and oxygen atoms in total. The van der Waals surface area contributed by atoms with Gasteiger partial charge in [0.1, 0.15) is 7.05 Å². The van der Waals surface area contributed by atoms with E-state index in [1.807, 2.05) is 44.6 Å². The molecular formula is C25H25ClN3O4S+. The normalized spacial score (nSPS) is 13.9. The summed E-state index contributed by atoms with van der Waals surface area (Å²) in [5, 5.41) is 0.0898. The quantitative estimate of drug-likeness (QED) is 0.424. The van der Waals surface area contributed by atoms with Crippen molar-refractivity contribution in [3.05, 3.63) is 88.2 Å². The fraction of sp³-hybridized carbons (Fsp3) is 0.240. The Bertz CT molecular complexity index is 1410. The van der Waals surface area contributed by atoms with Gasteiger partial charge in [0.05, 0.1) is 33.3 Å². The summed E-state index contributed by atoms with van der Waals surface area (Å²) < 4.78 is 30.5. The van der Waals surface area contributed by atoms with Crippen LogP contribution in [0.4, 0.5) is 5.69 Å². The van der Waals surface area contributed by atoms with Crippen LogP contribution in [-0.4, -0.2) is 25.1 Å². The van der Waals surface area contributed by atoms with Crippen LogP contribution in [-0.2, 0) is 29.0 Å². The predicted octanol–water partition coefficient (Wildman–Crippen LogP) is 4.06. The number of rotatable bonds is 5. The molecule has 3 aromatic rings. The topological polar surface area (TPSA) is 87.4 Å². The maximum absolute atomic E-state index is 13.3. The zero-order valence-corrected chi connectivity index (χ0v) is 20.9. The third kappa shape index (κ3) is 4.43. The van der Waals surface area contributed by atoms with Crippen LogP contribution in [0.5, 0.6) is 0 Å². The average molecular weight is 499 g/mol. The van der Waals surface area contributed by atoms with Crippen molar-refractivity contribution in [1.82, 2.24) is 4.90 Å². The first-order valence-electron chi connectivity index (χ1n) is 10.6. The van der Waals surface area contributed by atoms with Crippen LogP contribution in [0.15, 0.2) is 65.8 Å². The number of aryl methyl sites for hydroxylation is 1. The lowest BCUT2D eigenvalue weighted by Crippen LogP contribution is -2.32. The Morgan fingerprint density at radius 3 is 2.24 bits per heavy atom. The molecule has 1 aliphatic rings. The molecule has 0 saturated heterocycles. The second-order valence-electron chi connectivity index (χ2n) is 9.30. The van der Waals surface area contributed by atoms with Crippen molar-refractivity contribution >= 4 is 39.1 Å². The predicted molar refractivity (Wildman–Crippen MR) is 129 cm³/mol. The monoisotopic (exact) mass is 498 g/mol. The van der Waals surface area contributed by atoms with Crippen molar-refractivity contribution < 1.29 is 22.6 Å². The minimum atomic E-state index is -4.01. The van der Waals surface area contributed by atoms with E-state index in [2.05, 4.69) is 4.72 Å². The van der Waals surface area contributed by atoms with E-state index in [9.17, 15) is 18.0 Å². The molecule has 2 aromatic carbocycles. The number of amides is 2. The Labute approximate surface area is 204 Å². The Kier molecular flexibility index (Phi) is 5.99. The number of carbonyl (C=O) groups excluding carboxylic acids is 2. The van der Waals surface area contributed by atoms with Crippen LogP contribution < -0.4 is 9.29 Å². The van der Waals surface area contributed by atoms with Gasteiger partial charge < -0.3 is 0 Å². The standard InChI is InChI=1S/C25H24ClN3O4S/c1-25(2,3)17-7-9-18(10-8-17)34(32,33)27-20-12-11-19(26)21-22(20)24(31)29(23(21)30)15-16-6-5-13-28(4)14-16/h5-14H,15H2,1-4H3/p+1. The number of benzene rings is 2. The number of fused-ring (bicyclic) bond motifs is 1. The number of aromatic nitrogens is 1. The largest absolute Gasteiger partial charge is 0.279 e. The molecule has 9 heteroatoms. The molecule has 0 aliphatic carbocycles. The Balaban J connectivity index is 1.68. The van der Waals surface area contributed by atoms with Gasteiger partial charge in [0, 0.05) is 11.6 Å². The molecular weight excluding hydrogens is 474 g/mol. The summed E-state index contributed by atoms with van der Waals surface area (Å²) in [6.45, 7) is 6.15. The van der Waals surface area contributed by atoms with Crippen molar-refractivity contribution in [1.29, 1.82) is 0 Å². The Morgan fingerprint density at radius 2 is 1.62 bits per heavy atom. The van der Waals surface area contributed by atoms with Crippen molar-refractivity contribution in [2.75, 3.05) is 4.72 Å². The number of imide groups is 1. The number of anilines is 1. The third-order valence-electron chi connectivity index (χ3n) is 5.69. The highest BCUT2D eigenvalue weighted by molar-refractivity contribution is 7.92. The molecule has 1 N–H and O–H groups in total. The highest BCUT2D eigenvalue weighted by Crippen LogP contribution is 2.36. The Hall–Kier alpha value is -3.23. The molecule has 4 rings (SSSR count). The number of hydrogen-bond acceptors (Lipinski definition) is 4. The minimum Gasteiger partial charge on any atom is -0.279 e. The van der Waals surface area contributed by atoms with Crippen molar-refractivity contribution in [2.45, 2.75) is 37.6 Å². The van der Waals surface area contributed by atoms with Gasteiger partial charge in [-0.3, -0.25) is 19.2 Å². The van der Waals surface area contributed by atoms with Crippen molar-refractivity contribution in [2.24, 2.45) is 7.05 Å². The van der Waals surface area contributed by atoms with E-state index in [0.717, 1.165) is 16.0 Å². The number of halogens is 1. The lowest BCUT2D eigenvalue weighted by Gasteiger charge is -2.19. The first-order chi connectivity index (χ1) is 15.9. The molecule has 176 valence electrons. The maximum Gasteiger partial charge on any atom is 0.264 e. The minimum absolute atomic E-state index is 0.00440. The molecule has 0 radical (unpaired) electrons. The second-order valence-corrected chi connectivity index (χ2v) is 11.4. The van der Waals surface area contributed by atoms with Gasteiger partial charge in [0.15, 0.2) is 12.4 Å². The zero-order valence-electron chi connectivity index (χ0n) is 19.3. The van der Waals surface area contributed by atoms with Gasteiger partial charge in [-0.25, -0.2) is 13.0 Å². The second kappa shape index (κ2) is 8.52. The van der Waals surface area contributed by atoms with Gasteiger partial charge >= 0.3 is 0 Å². The van der Waals surface area contributed by atoms with E-state index in [0.29, 0.717) is 0 Å². The highest BCUT2D eigenvalue weighted by Gasteiger charge is 2.40. The lowest BCUT2D eigenvalue weighted by atomic mass is 9.87. The van der Waals surface area contributed by atoms with Crippen LogP contribution in [0.1, 0.15) is 52.6 Å². The van der Waals surface area contributed by atoms with Gasteiger partial charge in [0.2, 0.25) is 0 Å². The van der Waals surface area contributed by atoms with E-state index in [1.165, 1.54) is 24.3 Å². The smallest absolute Gasteiger partial charge is 0.264 e. The summed E-state index contributed by atoms with van der Waals surface area (Å²) in [5.74, 6) is -1.16. The fourth-order valence-electron chi connectivity index (χ4n) is 3.86. The molecule has 0 bridgehead atoms. The fourth-order valence-corrected chi connectivity index (χ4v) is 5.17. The molecule has 0 spiro atoms. The zero-order chi connectivity index (χ0) is 24.8. The van der Waals surface area contributed by atoms with E-state index in [4.69, 9.17) is 11.6 Å². The van der Waals surface area contributed by atoms with Crippen LogP contribution in [0.2, 0.25) is 5.02 Å². The van der Waals surface area contributed by atoms with Crippen LogP contribution >= 0.6 is 11.6 Å². The first-order valence-corrected chi connectivity index (χ1v) is 12.5. The van der Waals surface area contributed by atoms with Gasteiger partial charge in [-0.2, -0.15) is 0 Å². The molecule has 0 fully saturated rings. The van der Waals surface area contributed by atoms with Gasteiger partial charge in [-0.15, -0.1) is 0 Å². The van der Waals surface area contributed by atoms with E-state index in [1.54, 1.807) is 24.4 Å². The summed E-state index contributed by atoms with van der Waals surface area (Å²) in [7, 11) is -2.17. The van der Waals surface area contributed by atoms with Gasteiger partial charge in [-0.05, 0) is 41.3 Å². The number of sulfonamides is 1. The molecule has 34 heavy (non-hydrogen) atoms. The molecule has 2 amide bonds. The number of hydrogen-bond donors (Lipinski definition) is 1. The molecule has 2 heterocycles. The average Bonchev–Trinajstić information content (AvgIpc) is 3.01. The van der Waals surface area contributed by atoms with Crippen LogP contribution in [0.3, 0.4) is 0 Å². The van der Waals surface area contributed by atoms with E-state index < -0.39 is 21.8 Å². The number of nitrogens with one attached hydrogen (secondary N) is 1. The third-order valence-corrected chi connectivity index (χ3v) is 7.39. The lowest BCUT2D eigenvalue weighted by molar-refractivity contribution is -0.672. The van der Waals surface area contributed by atoms with E-state index in [-0.39, 0.29) is 38.7 Å². The van der Waals surface area contributed by atoms with Crippen LogP contribution in [0.25, 0.3) is 0 Å². The van der Waals surface area contributed by atoms with Gasteiger partial charge in [0.25, 0.3) is 21.8 Å². The summed E-state index contributed by atoms with van der Waals surface area (Å²) in [4.78, 5) is 27.4. The summed E-state index contributed by atoms with van der Waals surface area (Å²) in [6.07, 6.45) is 3.64. The van der Waals surface area contributed by atoms with Crippen molar-refractivity contribution in [3.8, 4) is 0 Å². The molecule has 0 unspecified atom stereocenters. The molecule has 0 atom stereocenters. The number of nitrogens with zero attached hydrogens (tertiary/aromatic N) is 2. The van der Waals surface area contributed by atoms with Crippen molar-refractivity contribution in [3.63, 3.8) is 0 Å². The number of pyridine rings is 1. The van der Waals surface area contributed by atoms with Gasteiger partial charge in [-0.1, -0.05) is 44.5 Å². The maximum atomic E-state index is 13.3. The molecule has 0 saturated carbocycles. The number of carbonyl (C=O) groups is 2. The molecule has 1 aliphatic heterocycles. The highest BCUT2D eigenvalue weighted by atomic mass is 35.5. The molecule has 1 aromatic heterocycles. The Morgan fingerprint density at radius 1 is 0.971 bits per heavy atom. The summed E-state index contributed by atoms with van der Waals surface area (Å²) >= 11 is 6.26. The SMILES string of the molecule is C[n+]1cccc(CN2C(=O)c3c(Cl)ccc(NS(=O)(=O)c4ccc(C(C)(C)C)cc4)c3C2=O)c1.